The van der Waals surface area contributed by atoms with Gasteiger partial charge in [0.15, 0.2) is 0 Å². The first-order valence-electron chi connectivity index (χ1n) is 5.00. The molecule has 0 bridgehead atoms. The Balaban J connectivity index is 2.27. The molecular formula is C12H12ClN3. The van der Waals surface area contributed by atoms with Crippen LogP contribution in [-0.4, -0.2) is 20.9 Å². The third-order valence-electron chi connectivity index (χ3n) is 2.10. The van der Waals surface area contributed by atoms with Gasteiger partial charge in [0.1, 0.15) is 5.69 Å². The van der Waals surface area contributed by atoms with E-state index in [0.717, 1.165) is 17.0 Å². The second-order valence-corrected chi connectivity index (χ2v) is 3.79. The Hall–Kier alpha value is -1.61. The maximum atomic E-state index is 5.70. The number of allylic oxidation sites excluding steroid dienone is 1. The van der Waals surface area contributed by atoms with E-state index in [1.165, 1.54) is 0 Å². The van der Waals surface area contributed by atoms with Gasteiger partial charge in [0, 0.05) is 5.88 Å². The number of alkyl halides is 1. The van der Waals surface area contributed by atoms with E-state index in [1.807, 2.05) is 43.3 Å². The molecule has 0 atom stereocenters. The predicted octanol–water partition coefficient (Wildman–Crippen LogP) is 2.91. The monoisotopic (exact) mass is 233 g/mol. The second kappa shape index (κ2) is 4.94. The maximum Gasteiger partial charge on any atom is 0.106 e. The summed E-state index contributed by atoms with van der Waals surface area (Å²) in [5.74, 6) is 0.512. The Morgan fingerprint density at radius 3 is 2.81 bits per heavy atom. The molecule has 0 spiro atoms. The highest BCUT2D eigenvalue weighted by Crippen LogP contribution is 2.07. The molecule has 0 unspecified atom stereocenters. The van der Waals surface area contributed by atoms with Crippen molar-refractivity contribution in [2.24, 2.45) is 0 Å². The summed E-state index contributed by atoms with van der Waals surface area (Å²) in [6, 6.07) is 9.80. The van der Waals surface area contributed by atoms with E-state index >= 15 is 0 Å². The number of rotatable bonds is 3. The largest absolute Gasteiger partial charge is 0.156 e. The summed E-state index contributed by atoms with van der Waals surface area (Å²) in [7, 11) is 0. The number of para-hydroxylation sites is 1. The molecule has 0 saturated heterocycles. The van der Waals surface area contributed by atoms with Crippen LogP contribution in [0.3, 0.4) is 0 Å². The number of nitrogens with zero attached hydrogens (tertiary/aromatic N) is 3. The number of hydrogen-bond donors (Lipinski definition) is 0. The molecule has 1 aromatic carbocycles. The fourth-order valence-corrected chi connectivity index (χ4v) is 1.39. The van der Waals surface area contributed by atoms with Crippen molar-refractivity contribution in [3.8, 4) is 5.69 Å². The zero-order valence-corrected chi connectivity index (χ0v) is 9.72. The van der Waals surface area contributed by atoms with Gasteiger partial charge in [0.05, 0.1) is 11.9 Å². The zero-order chi connectivity index (χ0) is 11.4. The zero-order valence-electron chi connectivity index (χ0n) is 8.97. The predicted molar refractivity (Wildman–Crippen MR) is 65.7 cm³/mol. The number of hydrogen-bond acceptors (Lipinski definition) is 2. The molecule has 1 aromatic heterocycles. The molecule has 0 aliphatic rings. The molecule has 0 fully saturated rings. The van der Waals surface area contributed by atoms with Gasteiger partial charge in [0.25, 0.3) is 0 Å². The third kappa shape index (κ3) is 2.49. The Kier molecular flexibility index (Phi) is 3.37. The number of benzene rings is 1. The van der Waals surface area contributed by atoms with E-state index in [2.05, 4.69) is 10.2 Å². The standard InChI is InChI=1S/C12H12ClN3/c1-10(8-13)7-11-9-14-16(15-11)12-5-3-2-4-6-12/h2-7,9H,8H2,1H3. The molecule has 0 N–H and O–H groups in total. The number of halogens is 1. The highest BCUT2D eigenvalue weighted by atomic mass is 35.5. The van der Waals surface area contributed by atoms with Crippen molar-refractivity contribution >= 4 is 17.7 Å². The second-order valence-electron chi connectivity index (χ2n) is 3.52. The highest BCUT2D eigenvalue weighted by Gasteiger charge is 2.00. The normalized spacial score (nSPS) is 11.8. The molecule has 0 radical (unpaired) electrons. The summed E-state index contributed by atoms with van der Waals surface area (Å²) < 4.78 is 0. The first-order valence-corrected chi connectivity index (χ1v) is 5.54. The highest BCUT2D eigenvalue weighted by molar-refractivity contribution is 6.19. The third-order valence-corrected chi connectivity index (χ3v) is 2.52. The summed E-state index contributed by atoms with van der Waals surface area (Å²) in [5.41, 5.74) is 2.84. The minimum absolute atomic E-state index is 0.512. The van der Waals surface area contributed by atoms with Crippen molar-refractivity contribution in [1.29, 1.82) is 0 Å². The maximum absolute atomic E-state index is 5.70. The lowest BCUT2D eigenvalue weighted by molar-refractivity contribution is 0.750. The van der Waals surface area contributed by atoms with Crippen molar-refractivity contribution in [3.63, 3.8) is 0 Å². The van der Waals surface area contributed by atoms with E-state index in [0.29, 0.717) is 5.88 Å². The minimum Gasteiger partial charge on any atom is -0.156 e. The molecule has 16 heavy (non-hydrogen) atoms. The SMILES string of the molecule is CC(=Cc1cnn(-c2ccccc2)n1)CCl. The molecule has 4 heteroatoms. The van der Waals surface area contributed by atoms with Gasteiger partial charge in [-0.2, -0.15) is 9.90 Å². The van der Waals surface area contributed by atoms with Crippen LogP contribution < -0.4 is 0 Å². The van der Waals surface area contributed by atoms with E-state index in [1.54, 1.807) is 11.0 Å². The first kappa shape index (κ1) is 10.9. The lowest BCUT2D eigenvalue weighted by Crippen LogP contribution is -1.97. The average Bonchev–Trinajstić information content (AvgIpc) is 2.78. The molecule has 0 aliphatic carbocycles. The smallest absolute Gasteiger partial charge is 0.106 e. The van der Waals surface area contributed by atoms with Crippen LogP contribution in [0.15, 0.2) is 42.1 Å². The van der Waals surface area contributed by atoms with E-state index in [9.17, 15) is 0 Å². The Bertz CT molecular complexity index is 488. The minimum atomic E-state index is 0.512. The quantitative estimate of drug-likeness (QED) is 0.764. The molecule has 3 nitrogen and oxygen atoms in total. The van der Waals surface area contributed by atoms with Crippen LogP contribution in [0.2, 0.25) is 0 Å². The Morgan fingerprint density at radius 1 is 1.38 bits per heavy atom. The van der Waals surface area contributed by atoms with E-state index in [4.69, 9.17) is 11.6 Å². The van der Waals surface area contributed by atoms with Crippen LogP contribution in [0, 0.1) is 0 Å². The molecular weight excluding hydrogens is 222 g/mol. The summed E-state index contributed by atoms with van der Waals surface area (Å²) >= 11 is 5.70. The molecule has 0 amide bonds. The van der Waals surface area contributed by atoms with Gasteiger partial charge in [-0.3, -0.25) is 0 Å². The van der Waals surface area contributed by atoms with Crippen molar-refractivity contribution in [3.05, 3.63) is 47.8 Å². The summed E-state index contributed by atoms with van der Waals surface area (Å²) in [6.45, 7) is 1.97. The lowest BCUT2D eigenvalue weighted by Gasteiger charge is -1.96. The van der Waals surface area contributed by atoms with Crippen LogP contribution in [0.25, 0.3) is 11.8 Å². The summed E-state index contributed by atoms with van der Waals surface area (Å²) in [5, 5.41) is 8.53. The van der Waals surface area contributed by atoms with Crippen LogP contribution in [0.1, 0.15) is 12.6 Å². The fourth-order valence-electron chi connectivity index (χ4n) is 1.32. The van der Waals surface area contributed by atoms with Gasteiger partial charge >= 0.3 is 0 Å². The first-order chi connectivity index (χ1) is 7.79. The van der Waals surface area contributed by atoms with Gasteiger partial charge < -0.3 is 0 Å². The molecule has 0 saturated carbocycles. The topological polar surface area (TPSA) is 30.7 Å². The van der Waals surface area contributed by atoms with Crippen molar-refractivity contribution in [2.45, 2.75) is 6.92 Å². The Morgan fingerprint density at radius 2 is 2.12 bits per heavy atom. The molecule has 2 rings (SSSR count). The van der Waals surface area contributed by atoms with Crippen LogP contribution in [0.4, 0.5) is 0 Å². The van der Waals surface area contributed by atoms with E-state index in [-0.39, 0.29) is 0 Å². The average molecular weight is 234 g/mol. The van der Waals surface area contributed by atoms with Gasteiger partial charge in [-0.15, -0.1) is 16.7 Å². The fraction of sp³-hybridized carbons (Fsp3) is 0.167. The van der Waals surface area contributed by atoms with Crippen molar-refractivity contribution in [2.75, 3.05) is 5.88 Å². The van der Waals surface area contributed by atoms with Gasteiger partial charge in [0.2, 0.25) is 0 Å². The van der Waals surface area contributed by atoms with Crippen LogP contribution >= 0.6 is 11.6 Å². The number of aromatic nitrogens is 3. The van der Waals surface area contributed by atoms with E-state index < -0.39 is 0 Å². The Labute approximate surface area is 99.4 Å². The summed E-state index contributed by atoms with van der Waals surface area (Å²) in [4.78, 5) is 1.60. The van der Waals surface area contributed by atoms with Gasteiger partial charge in [-0.05, 0) is 25.1 Å². The van der Waals surface area contributed by atoms with Crippen molar-refractivity contribution in [1.82, 2.24) is 15.0 Å². The van der Waals surface area contributed by atoms with Crippen molar-refractivity contribution < 1.29 is 0 Å². The summed E-state index contributed by atoms with van der Waals surface area (Å²) in [6.07, 6.45) is 3.66. The molecule has 1 heterocycles. The molecule has 2 aromatic rings. The molecule has 0 aliphatic heterocycles. The van der Waals surface area contributed by atoms with Gasteiger partial charge in [-0.1, -0.05) is 23.8 Å². The lowest BCUT2D eigenvalue weighted by atomic mass is 10.3. The van der Waals surface area contributed by atoms with Crippen LogP contribution in [-0.2, 0) is 0 Å². The molecule has 82 valence electrons. The van der Waals surface area contributed by atoms with Gasteiger partial charge in [-0.25, -0.2) is 0 Å². The van der Waals surface area contributed by atoms with Crippen LogP contribution in [0.5, 0.6) is 0 Å².